The Morgan fingerprint density at radius 2 is 1.58 bits per heavy atom. The third kappa shape index (κ3) is 9.65. The van der Waals surface area contributed by atoms with Gasteiger partial charge in [0.15, 0.2) is 17.8 Å². The molecular formula is C72H74O11. The van der Waals surface area contributed by atoms with Crippen molar-refractivity contribution in [3.05, 3.63) is 223 Å². The van der Waals surface area contributed by atoms with Gasteiger partial charge in [-0.1, -0.05) is 152 Å². The van der Waals surface area contributed by atoms with Crippen LogP contribution in [-0.4, -0.2) is 65.9 Å². The maximum atomic E-state index is 15.8. The van der Waals surface area contributed by atoms with Crippen molar-refractivity contribution in [2.24, 2.45) is 23.7 Å². The van der Waals surface area contributed by atoms with Crippen LogP contribution >= 0.6 is 0 Å². The molecule has 1 aromatic heterocycles. The normalized spacial score (nSPS) is 28.7. The van der Waals surface area contributed by atoms with Gasteiger partial charge < -0.3 is 38.7 Å². The summed E-state index contributed by atoms with van der Waals surface area (Å²) in [6.45, 7) is 0.656. The highest BCUT2D eigenvalue weighted by atomic mass is 16.6. The van der Waals surface area contributed by atoms with Gasteiger partial charge in [-0.05, 0) is 138 Å². The van der Waals surface area contributed by atoms with Crippen molar-refractivity contribution in [1.82, 2.24) is 0 Å². The number of esters is 2. The highest BCUT2D eigenvalue weighted by Gasteiger charge is 2.64. The molecule has 83 heavy (non-hydrogen) atoms. The third-order valence-electron chi connectivity index (χ3n) is 20.4. The largest absolute Gasteiger partial charge is 0.482 e. The minimum absolute atomic E-state index is 0.00280. The number of carbonyl (C=O) groups is 2. The van der Waals surface area contributed by atoms with Gasteiger partial charge in [-0.3, -0.25) is 4.79 Å². The predicted molar refractivity (Wildman–Crippen MR) is 318 cm³/mol. The molecule has 11 atom stereocenters. The summed E-state index contributed by atoms with van der Waals surface area (Å²) >= 11 is 0. The first-order valence-electron chi connectivity index (χ1n) is 30.1. The second-order valence-electron chi connectivity index (χ2n) is 24.6. The van der Waals surface area contributed by atoms with Crippen LogP contribution in [0.25, 0.3) is 17.0 Å². The number of carbonyl (C=O) groups excluding carboxylic acids is 2. The summed E-state index contributed by atoms with van der Waals surface area (Å²) in [6.07, 6.45) is 17.9. The number of hydrogen-bond acceptors (Lipinski definition) is 11. The minimum atomic E-state index is -1.38. The van der Waals surface area contributed by atoms with Gasteiger partial charge in [0.2, 0.25) is 0 Å². The molecule has 0 saturated heterocycles. The number of aryl methyl sites for hydroxylation is 1. The fraction of sp³-hybridized carbons (Fsp3) is 0.403. The van der Waals surface area contributed by atoms with Gasteiger partial charge >= 0.3 is 17.6 Å². The summed E-state index contributed by atoms with van der Waals surface area (Å²) < 4.78 is 33.8. The molecule has 2 fully saturated rings. The number of benzene rings is 5. The summed E-state index contributed by atoms with van der Waals surface area (Å²) in [6, 6.07) is 40.5. The fourth-order valence-electron chi connectivity index (χ4n) is 16.3. The molecule has 0 amide bonds. The average Bonchev–Trinajstić information content (AvgIpc) is 3.78. The van der Waals surface area contributed by atoms with Crippen LogP contribution in [0.4, 0.5) is 0 Å². The first kappa shape index (κ1) is 55.1. The molecule has 1 spiro atoms. The predicted octanol–water partition coefficient (Wildman–Crippen LogP) is 12.7. The smallest absolute Gasteiger partial charge is 0.340 e. The van der Waals surface area contributed by atoms with E-state index in [2.05, 4.69) is 140 Å². The van der Waals surface area contributed by atoms with Gasteiger partial charge in [-0.15, -0.1) is 0 Å². The Bertz CT molecular complexity index is 3610. The molecule has 5 aromatic carbocycles. The lowest BCUT2D eigenvalue weighted by Crippen LogP contribution is -2.61. The van der Waals surface area contributed by atoms with Crippen LogP contribution in [-0.2, 0) is 42.2 Å². The van der Waals surface area contributed by atoms with E-state index in [1.165, 1.54) is 42.2 Å². The van der Waals surface area contributed by atoms with Gasteiger partial charge in [0.05, 0.1) is 25.4 Å². The third-order valence-corrected chi connectivity index (χ3v) is 20.4. The van der Waals surface area contributed by atoms with Gasteiger partial charge in [0.25, 0.3) is 0 Å². The Hall–Kier alpha value is -7.15. The molecule has 11 nitrogen and oxygen atoms in total. The fourth-order valence-corrected chi connectivity index (χ4v) is 16.3. The van der Waals surface area contributed by atoms with Crippen molar-refractivity contribution in [1.29, 1.82) is 0 Å². The molecule has 5 aliphatic carbocycles. The van der Waals surface area contributed by atoms with Crippen molar-refractivity contribution < 1.29 is 48.3 Å². The van der Waals surface area contributed by atoms with Crippen molar-refractivity contribution >= 4 is 29.0 Å². The molecule has 8 aliphatic rings. The van der Waals surface area contributed by atoms with E-state index in [1.807, 2.05) is 0 Å². The van der Waals surface area contributed by atoms with Crippen LogP contribution in [0.3, 0.4) is 0 Å². The van der Waals surface area contributed by atoms with Gasteiger partial charge in [0.1, 0.15) is 11.3 Å². The molecular weight excluding hydrogens is 1040 g/mol. The first-order valence-corrected chi connectivity index (χ1v) is 30.1. The highest BCUT2D eigenvalue weighted by Crippen LogP contribution is 2.62. The van der Waals surface area contributed by atoms with E-state index in [0.29, 0.717) is 48.0 Å². The van der Waals surface area contributed by atoms with Gasteiger partial charge in [0, 0.05) is 72.2 Å². The quantitative estimate of drug-likeness (QED) is 0.0518. The number of aliphatic hydroxyl groups is 3. The second kappa shape index (κ2) is 22.8. The average molecular weight is 1120 g/mol. The Labute approximate surface area is 485 Å². The molecule has 2 bridgehead atoms. The number of fused-ring (bicyclic) bond motifs is 17. The Morgan fingerprint density at radius 1 is 0.783 bits per heavy atom. The van der Waals surface area contributed by atoms with E-state index in [-0.39, 0.29) is 108 Å². The molecule has 0 unspecified atom stereocenters. The molecule has 428 valence electrons. The SMILES string of the molecule is COC[C@@H](CCO)c1c(CO)c2ccc3c(c2oc1=O)[C@H]1OC(=O)C[C@@H]2C[C@@H](c4cccc(C5(c6ccccc6)CCCC5)c4)C=C[C@H]2c2ccc(cc2)CC/C(=C(\C)CO)C(=O)O[C@@H]1[C@@]1(CC=C[C@H]2[C@H]4C=Cc5ccccc5[C@@H]4C[C@@H]21)O3. The van der Waals surface area contributed by atoms with Crippen LogP contribution in [0, 0.1) is 23.7 Å². The van der Waals surface area contributed by atoms with Crippen LogP contribution in [0.2, 0.25) is 0 Å². The molecule has 6 aromatic rings. The second-order valence-corrected chi connectivity index (χ2v) is 24.6. The van der Waals surface area contributed by atoms with E-state index in [1.54, 1.807) is 19.1 Å². The molecule has 2 saturated carbocycles. The minimum Gasteiger partial charge on any atom is -0.482 e. The van der Waals surface area contributed by atoms with Gasteiger partial charge in [-0.25, -0.2) is 9.59 Å². The van der Waals surface area contributed by atoms with E-state index < -0.39 is 47.9 Å². The van der Waals surface area contributed by atoms with Crippen LogP contribution < -0.4 is 10.4 Å². The van der Waals surface area contributed by atoms with Crippen molar-refractivity contribution in [3.8, 4) is 5.75 Å². The zero-order chi connectivity index (χ0) is 57.0. The Morgan fingerprint density at radius 3 is 2.36 bits per heavy atom. The standard InChI is InChI=1S/C72H74O11/c1-43(40-74)53-26-21-44-19-22-46(23-20-44)54-27-25-48(47-13-10-16-52(37-47)71(32-8-9-33-71)51-14-4-3-5-15-51)36-50(54)38-63(76)80-67-65-62(30-29-58-60(41-75)64(70(78)81-66(58)65)49(31-35-73)42-79-2)83-72(68(67)82-69(53)77)34-11-18-57-56-28-24-45-12-6-7-17-55(45)59(56)39-61(57)72/h3-7,10-20,22-25,27-30,37,48-50,54,56-57,59,61,67-68,73-75H,8-9,21,26,31-36,38-42H2,1-2H3/b53-43-/t48-,49+,50-,54-,56+,57-,59-,61-,67+,68-,72-/m0/s1. The first-order chi connectivity index (χ1) is 40.6. The number of aliphatic hydroxyl groups excluding tert-OH is 3. The lowest BCUT2D eigenvalue weighted by Gasteiger charge is -2.52. The van der Waals surface area contributed by atoms with Crippen LogP contribution in [0.5, 0.6) is 5.75 Å². The zero-order valence-electron chi connectivity index (χ0n) is 47.4. The Kier molecular flexibility index (Phi) is 15.1. The van der Waals surface area contributed by atoms with Crippen LogP contribution in [0.15, 0.2) is 166 Å². The molecule has 3 aliphatic heterocycles. The monoisotopic (exact) mass is 1110 g/mol. The summed E-state index contributed by atoms with van der Waals surface area (Å²) in [7, 11) is 1.51. The van der Waals surface area contributed by atoms with Crippen LogP contribution in [0.1, 0.15) is 157 Å². The summed E-state index contributed by atoms with van der Waals surface area (Å²) in [5, 5.41) is 32.6. The number of methoxy groups -OCH3 is 1. The van der Waals surface area contributed by atoms with Gasteiger partial charge in [-0.2, -0.15) is 0 Å². The number of allylic oxidation sites excluding steroid dienone is 4. The molecule has 14 rings (SSSR count). The lowest BCUT2D eigenvalue weighted by molar-refractivity contribution is -0.205. The van der Waals surface area contributed by atoms with Crippen molar-refractivity contribution in [2.75, 3.05) is 26.9 Å². The van der Waals surface area contributed by atoms with E-state index >= 15 is 9.59 Å². The molecule has 3 N–H and O–H groups in total. The maximum Gasteiger partial charge on any atom is 0.340 e. The van der Waals surface area contributed by atoms with E-state index in [4.69, 9.17) is 23.4 Å². The van der Waals surface area contributed by atoms with Crippen molar-refractivity contribution in [3.63, 3.8) is 0 Å². The summed E-state index contributed by atoms with van der Waals surface area (Å²) in [4.78, 5) is 46.0. The van der Waals surface area contributed by atoms with Crippen molar-refractivity contribution in [2.45, 2.75) is 131 Å². The number of rotatable bonds is 10. The van der Waals surface area contributed by atoms with E-state index in [9.17, 15) is 20.1 Å². The summed E-state index contributed by atoms with van der Waals surface area (Å²) in [5.41, 5.74) is 7.74. The highest BCUT2D eigenvalue weighted by molar-refractivity contribution is 5.90. The number of hydrogen-bond donors (Lipinski definition) is 3. The molecule has 0 radical (unpaired) electrons. The number of ether oxygens (including phenoxy) is 4. The summed E-state index contributed by atoms with van der Waals surface area (Å²) in [5.74, 6) is -1.95. The maximum absolute atomic E-state index is 15.8. The topological polar surface area (TPSA) is 162 Å². The molecule has 11 heteroatoms. The van der Waals surface area contributed by atoms with E-state index in [0.717, 1.165) is 29.5 Å². The molecule has 4 heterocycles. The lowest BCUT2D eigenvalue weighted by atomic mass is 9.66. The Balaban J connectivity index is 0.966. The zero-order valence-corrected chi connectivity index (χ0v) is 47.4.